The molecule has 0 aliphatic carbocycles. The number of amides is 2. The number of nitrogens with zero attached hydrogens (tertiary/aromatic N) is 2. The summed E-state index contributed by atoms with van der Waals surface area (Å²) in [6, 6.07) is 16.9. The molecule has 0 bridgehead atoms. The monoisotopic (exact) mass is 519 g/mol. The summed E-state index contributed by atoms with van der Waals surface area (Å²) in [5, 5.41) is 3.06. The van der Waals surface area contributed by atoms with E-state index in [2.05, 4.69) is 10.3 Å². The average Bonchev–Trinajstić information content (AvgIpc) is 2.93. The highest BCUT2D eigenvalue weighted by molar-refractivity contribution is 5.96. The van der Waals surface area contributed by atoms with E-state index in [0.717, 1.165) is 24.0 Å². The molecule has 2 aliphatic rings. The van der Waals surface area contributed by atoms with Crippen molar-refractivity contribution < 1.29 is 28.2 Å². The lowest BCUT2D eigenvalue weighted by atomic mass is 10.0. The van der Waals surface area contributed by atoms with Gasteiger partial charge in [-0.25, -0.2) is 14.2 Å². The Bertz CT molecular complexity index is 1280. The molecular formula is C29H30FN3O5. The number of ether oxygens (including phenoxy) is 3. The van der Waals surface area contributed by atoms with Crippen molar-refractivity contribution in [1.82, 2.24) is 10.3 Å². The lowest BCUT2D eigenvalue weighted by molar-refractivity contribution is 0.0693. The molecule has 38 heavy (non-hydrogen) atoms. The number of anilines is 1. The highest BCUT2D eigenvalue weighted by Gasteiger charge is 2.34. The molecular weight excluding hydrogens is 489 g/mol. The van der Waals surface area contributed by atoms with E-state index < -0.39 is 6.09 Å². The number of fused-ring (bicyclic) bond motifs is 1. The number of carbonyl (C=O) groups excluding carboxylic acids is 2. The number of benzene rings is 2. The summed E-state index contributed by atoms with van der Waals surface area (Å²) in [6.45, 7) is 3.37. The van der Waals surface area contributed by atoms with E-state index in [-0.39, 0.29) is 48.6 Å². The molecule has 8 nitrogen and oxygen atoms in total. The summed E-state index contributed by atoms with van der Waals surface area (Å²) >= 11 is 0. The zero-order valence-electron chi connectivity index (χ0n) is 21.2. The number of rotatable bonds is 6. The third kappa shape index (κ3) is 5.94. The fourth-order valence-corrected chi connectivity index (χ4v) is 4.63. The Balaban J connectivity index is 1.46. The third-order valence-electron chi connectivity index (χ3n) is 6.69. The molecule has 1 aromatic heterocycles. The fourth-order valence-electron chi connectivity index (χ4n) is 4.63. The molecule has 3 aromatic rings. The molecule has 1 atom stereocenters. The van der Waals surface area contributed by atoms with Gasteiger partial charge in [0.1, 0.15) is 30.4 Å². The van der Waals surface area contributed by atoms with Crippen molar-refractivity contribution in [2.45, 2.75) is 44.9 Å². The van der Waals surface area contributed by atoms with Gasteiger partial charge in [-0.05, 0) is 61.1 Å². The fraction of sp³-hybridized carbons (Fsp3) is 0.345. The van der Waals surface area contributed by atoms with Crippen LogP contribution in [0.5, 0.6) is 5.88 Å². The molecule has 3 heterocycles. The van der Waals surface area contributed by atoms with Crippen LogP contribution < -0.4 is 15.0 Å². The van der Waals surface area contributed by atoms with Crippen molar-refractivity contribution in [2.24, 2.45) is 0 Å². The molecule has 9 heteroatoms. The lowest BCUT2D eigenvalue weighted by Crippen LogP contribution is -2.46. The summed E-state index contributed by atoms with van der Waals surface area (Å²) in [4.78, 5) is 32.7. The number of hydrogen-bond donors (Lipinski definition) is 1. The minimum Gasteiger partial charge on any atom is -0.474 e. The number of pyridine rings is 1. The van der Waals surface area contributed by atoms with Gasteiger partial charge in [0, 0.05) is 19.3 Å². The van der Waals surface area contributed by atoms with Crippen LogP contribution >= 0.6 is 0 Å². The Hall–Kier alpha value is -3.98. The standard InChI is InChI=1S/C29H30FN3O5/c1-19-17-37-28-25(33(19)29(35)38-18-21-5-3-2-4-6-21)16-22(15-20-7-9-23(30)10-8-20)26(32-28)27(34)31-24-11-13-36-14-12-24/h2-10,16,19,24H,11-15,17-18H2,1H3,(H,31,34)/t19-/m0/s1. The van der Waals surface area contributed by atoms with Gasteiger partial charge in [0.15, 0.2) is 0 Å². The Morgan fingerprint density at radius 2 is 1.82 bits per heavy atom. The lowest BCUT2D eigenvalue weighted by Gasteiger charge is -2.34. The van der Waals surface area contributed by atoms with Crippen LogP contribution in [-0.2, 0) is 22.5 Å². The molecule has 1 saturated heterocycles. The van der Waals surface area contributed by atoms with E-state index in [1.54, 1.807) is 18.2 Å². The normalized spacial score (nSPS) is 17.3. The summed E-state index contributed by atoms with van der Waals surface area (Å²) in [6.07, 6.45) is 1.23. The predicted octanol–water partition coefficient (Wildman–Crippen LogP) is 4.64. The van der Waals surface area contributed by atoms with Crippen LogP contribution in [0.2, 0.25) is 0 Å². The largest absolute Gasteiger partial charge is 0.474 e. The topological polar surface area (TPSA) is 90.0 Å². The second kappa shape index (κ2) is 11.6. The minimum atomic E-state index is -0.528. The van der Waals surface area contributed by atoms with E-state index in [0.29, 0.717) is 30.9 Å². The van der Waals surface area contributed by atoms with E-state index in [9.17, 15) is 14.0 Å². The molecule has 0 unspecified atom stereocenters. The van der Waals surface area contributed by atoms with Gasteiger partial charge >= 0.3 is 6.09 Å². The van der Waals surface area contributed by atoms with Crippen LogP contribution in [-0.4, -0.2) is 48.9 Å². The Labute approximate surface area is 220 Å². The number of aromatic nitrogens is 1. The highest BCUT2D eigenvalue weighted by Crippen LogP contribution is 2.35. The molecule has 2 amide bonds. The van der Waals surface area contributed by atoms with Gasteiger partial charge < -0.3 is 19.5 Å². The first kappa shape index (κ1) is 25.7. The maximum absolute atomic E-state index is 13.5. The van der Waals surface area contributed by atoms with Gasteiger partial charge in [-0.2, -0.15) is 0 Å². The summed E-state index contributed by atoms with van der Waals surface area (Å²) in [5.41, 5.74) is 2.92. The van der Waals surface area contributed by atoms with Crippen LogP contribution in [0.3, 0.4) is 0 Å². The van der Waals surface area contributed by atoms with Gasteiger partial charge in [-0.1, -0.05) is 42.5 Å². The van der Waals surface area contributed by atoms with E-state index in [1.165, 1.54) is 17.0 Å². The van der Waals surface area contributed by atoms with Crippen molar-refractivity contribution in [3.63, 3.8) is 0 Å². The molecule has 1 N–H and O–H groups in total. The van der Waals surface area contributed by atoms with Crippen molar-refractivity contribution in [3.8, 4) is 5.88 Å². The van der Waals surface area contributed by atoms with Crippen LogP contribution in [0.1, 0.15) is 46.9 Å². The average molecular weight is 520 g/mol. The van der Waals surface area contributed by atoms with E-state index in [1.807, 2.05) is 37.3 Å². The molecule has 0 spiro atoms. The second-order valence-corrected chi connectivity index (χ2v) is 9.55. The zero-order valence-corrected chi connectivity index (χ0v) is 21.2. The van der Waals surface area contributed by atoms with Crippen molar-refractivity contribution in [1.29, 1.82) is 0 Å². The Morgan fingerprint density at radius 3 is 2.55 bits per heavy atom. The maximum Gasteiger partial charge on any atom is 0.415 e. The number of hydrogen-bond acceptors (Lipinski definition) is 6. The van der Waals surface area contributed by atoms with Gasteiger partial charge in [-0.3, -0.25) is 9.69 Å². The maximum atomic E-state index is 13.5. The first-order valence-electron chi connectivity index (χ1n) is 12.8. The summed E-state index contributed by atoms with van der Waals surface area (Å²) in [5.74, 6) is -0.471. The molecule has 0 radical (unpaired) electrons. The number of nitrogens with one attached hydrogen (secondary N) is 1. The smallest absolute Gasteiger partial charge is 0.415 e. The minimum absolute atomic E-state index is 0.0156. The first-order chi connectivity index (χ1) is 18.5. The van der Waals surface area contributed by atoms with Gasteiger partial charge in [0.2, 0.25) is 5.88 Å². The Kier molecular flexibility index (Phi) is 7.83. The van der Waals surface area contributed by atoms with Gasteiger partial charge in [0.25, 0.3) is 5.91 Å². The first-order valence-corrected chi connectivity index (χ1v) is 12.8. The molecule has 1 fully saturated rings. The van der Waals surface area contributed by atoms with Gasteiger partial charge in [-0.15, -0.1) is 0 Å². The van der Waals surface area contributed by atoms with E-state index in [4.69, 9.17) is 14.2 Å². The van der Waals surface area contributed by atoms with Crippen molar-refractivity contribution >= 4 is 17.7 Å². The Morgan fingerprint density at radius 1 is 1.08 bits per heavy atom. The molecule has 2 aliphatic heterocycles. The summed E-state index contributed by atoms with van der Waals surface area (Å²) in [7, 11) is 0. The van der Waals surface area contributed by atoms with Crippen LogP contribution in [0, 0.1) is 5.82 Å². The van der Waals surface area contributed by atoms with Crippen LogP contribution in [0.25, 0.3) is 0 Å². The molecule has 0 saturated carbocycles. The molecule has 198 valence electrons. The van der Waals surface area contributed by atoms with Crippen LogP contribution in [0.15, 0.2) is 60.7 Å². The van der Waals surface area contributed by atoms with Crippen LogP contribution in [0.4, 0.5) is 14.9 Å². The SMILES string of the molecule is C[C@H]1COc2nc(C(=O)NC3CCOCC3)c(Cc3ccc(F)cc3)cc2N1C(=O)OCc1ccccc1. The van der Waals surface area contributed by atoms with E-state index >= 15 is 0 Å². The van der Waals surface area contributed by atoms with Crippen molar-refractivity contribution in [2.75, 3.05) is 24.7 Å². The second-order valence-electron chi connectivity index (χ2n) is 9.55. The summed E-state index contributed by atoms with van der Waals surface area (Å²) < 4.78 is 30.4. The highest BCUT2D eigenvalue weighted by atomic mass is 19.1. The number of carbonyl (C=O) groups is 2. The molecule has 5 rings (SSSR count). The molecule has 2 aromatic carbocycles. The van der Waals surface area contributed by atoms with Crippen molar-refractivity contribution in [3.05, 3.63) is 88.9 Å². The predicted molar refractivity (Wildman–Crippen MR) is 139 cm³/mol. The number of halogens is 1. The van der Waals surface area contributed by atoms with Gasteiger partial charge in [0.05, 0.1) is 6.04 Å². The zero-order chi connectivity index (χ0) is 26.5. The third-order valence-corrected chi connectivity index (χ3v) is 6.69. The quantitative estimate of drug-likeness (QED) is 0.510.